The maximum atomic E-state index is 14.0. The molecular formula is C20H31FO2. The fourth-order valence-corrected chi connectivity index (χ4v) is 7.35. The largest absolute Gasteiger partial charge is 0.393 e. The number of carbonyl (C=O) groups is 1. The molecule has 0 aromatic carbocycles. The van der Waals surface area contributed by atoms with E-state index in [0.717, 1.165) is 44.9 Å². The van der Waals surface area contributed by atoms with Crippen LogP contribution in [0.4, 0.5) is 4.39 Å². The van der Waals surface area contributed by atoms with E-state index in [0.29, 0.717) is 35.9 Å². The van der Waals surface area contributed by atoms with E-state index in [9.17, 15) is 14.3 Å². The Kier molecular flexibility index (Phi) is 3.68. The quantitative estimate of drug-likeness (QED) is 0.787. The van der Waals surface area contributed by atoms with Gasteiger partial charge in [-0.3, -0.25) is 9.18 Å². The highest BCUT2D eigenvalue weighted by atomic mass is 19.1. The lowest BCUT2D eigenvalue weighted by atomic mass is 9.43. The number of aliphatic hydroxyl groups is 1. The molecule has 3 heteroatoms. The van der Waals surface area contributed by atoms with Gasteiger partial charge in [0, 0.05) is 12.8 Å². The van der Waals surface area contributed by atoms with E-state index in [1.807, 2.05) is 0 Å². The molecule has 8 atom stereocenters. The molecule has 23 heavy (non-hydrogen) atoms. The molecule has 0 aromatic rings. The third kappa shape index (κ3) is 2.11. The molecule has 0 spiro atoms. The highest BCUT2D eigenvalue weighted by molar-refractivity contribution is 5.79. The zero-order valence-corrected chi connectivity index (χ0v) is 14.6. The summed E-state index contributed by atoms with van der Waals surface area (Å²) in [6, 6.07) is 0. The van der Waals surface area contributed by atoms with Crippen LogP contribution < -0.4 is 0 Å². The van der Waals surface area contributed by atoms with Gasteiger partial charge in [0.25, 0.3) is 0 Å². The summed E-state index contributed by atoms with van der Waals surface area (Å²) in [5, 5.41) is 10.5. The Hall–Kier alpha value is -0.440. The average Bonchev–Trinajstić information content (AvgIpc) is 2.83. The van der Waals surface area contributed by atoms with E-state index in [-0.39, 0.29) is 29.5 Å². The Bertz CT molecular complexity index is 506. The van der Waals surface area contributed by atoms with Crippen molar-refractivity contribution in [2.45, 2.75) is 71.3 Å². The lowest BCUT2D eigenvalue weighted by Gasteiger charge is -2.62. The van der Waals surface area contributed by atoms with Crippen LogP contribution >= 0.6 is 0 Å². The topological polar surface area (TPSA) is 37.3 Å². The highest BCUT2D eigenvalue weighted by Gasteiger charge is 2.62. The molecule has 4 fully saturated rings. The predicted octanol–water partition coefficient (Wildman–Crippen LogP) is 4.15. The lowest BCUT2D eigenvalue weighted by molar-refractivity contribution is -0.157. The maximum absolute atomic E-state index is 14.0. The van der Waals surface area contributed by atoms with Gasteiger partial charge in [-0.25, -0.2) is 0 Å². The normalized spacial score (nSPS) is 55.9. The molecule has 1 N–H and O–H groups in total. The molecule has 0 bridgehead atoms. The number of rotatable bonds is 1. The third-order valence-electron chi connectivity index (χ3n) is 8.81. The van der Waals surface area contributed by atoms with Crippen molar-refractivity contribution in [1.82, 2.24) is 0 Å². The molecule has 4 aliphatic rings. The fourth-order valence-electron chi connectivity index (χ4n) is 7.35. The molecule has 2 nitrogen and oxygen atoms in total. The van der Waals surface area contributed by atoms with Gasteiger partial charge in [0.15, 0.2) is 0 Å². The van der Waals surface area contributed by atoms with Crippen LogP contribution in [0.1, 0.15) is 65.2 Å². The maximum Gasteiger partial charge on any atom is 0.133 e. The Labute approximate surface area is 139 Å². The monoisotopic (exact) mass is 322 g/mol. The molecule has 0 saturated heterocycles. The van der Waals surface area contributed by atoms with Crippen molar-refractivity contribution in [1.29, 1.82) is 0 Å². The summed E-state index contributed by atoms with van der Waals surface area (Å²) in [6.45, 7) is 4.40. The number of ketones is 1. The van der Waals surface area contributed by atoms with Crippen LogP contribution in [0.15, 0.2) is 0 Å². The number of fused-ring (bicyclic) bond motifs is 5. The molecule has 0 aromatic heterocycles. The van der Waals surface area contributed by atoms with Gasteiger partial charge in [0.05, 0.1) is 12.8 Å². The number of alkyl halides is 1. The first-order valence-corrected chi connectivity index (χ1v) is 9.66. The number of carbonyl (C=O) groups excluding carboxylic acids is 1. The summed E-state index contributed by atoms with van der Waals surface area (Å²) in [4.78, 5) is 12.0. The Balaban J connectivity index is 1.70. The van der Waals surface area contributed by atoms with Crippen LogP contribution in [-0.4, -0.2) is 23.7 Å². The van der Waals surface area contributed by atoms with E-state index in [2.05, 4.69) is 13.8 Å². The molecule has 0 radical (unpaired) electrons. The SMILES string of the molecule is C[C@]12CC[C@H]3[C@@H]([C@H](CF)CC4CC(=O)CC[C@@]43C)[C@@H]1CC[C@@H]2O. The Morgan fingerprint density at radius 2 is 1.87 bits per heavy atom. The minimum absolute atomic E-state index is 0.00225. The van der Waals surface area contributed by atoms with Gasteiger partial charge in [0.2, 0.25) is 0 Å². The van der Waals surface area contributed by atoms with Crippen molar-refractivity contribution in [3.8, 4) is 0 Å². The van der Waals surface area contributed by atoms with Gasteiger partial charge >= 0.3 is 0 Å². The van der Waals surface area contributed by atoms with E-state index in [4.69, 9.17) is 0 Å². The Morgan fingerprint density at radius 1 is 1.13 bits per heavy atom. The van der Waals surface area contributed by atoms with Crippen LogP contribution in [0.5, 0.6) is 0 Å². The standard InChI is InChI=1S/C20H31FO2/c1-19-7-5-14(22)10-13(19)9-12(11-21)18-15-3-4-17(23)20(15,2)8-6-16(18)19/h12-13,15-18,23H,3-11H2,1-2H3/t12-,13?,15-,16-,17-,18-,19-,20-/m0/s1. The molecule has 1 unspecified atom stereocenters. The zero-order chi connectivity index (χ0) is 16.4. The van der Waals surface area contributed by atoms with E-state index in [1.165, 1.54) is 0 Å². The second kappa shape index (κ2) is 5.28. The smallest absolute Gasteiger partial charge is 0.133 e. The van der Waals surface area contributed by atoms with E-state index >= 15 is 0 Å². The van der Waals surface area contributed by atoms with Gasteiger partial charge in [-0.05, 0) is 78.9 Å². The molecule has 4 rings (SSSR count). The average molecular weight is 322 g/mol. The summed E-state index contributed by atoms with van der Waals surface area (Å²) < 4.78 is 14.0. The van der Waals surface area contributed by atoms with E-state index in [1.54, 1.807) is 0 Å². The first-order chi connectivity index (χ1) is 10.9. The van der Waals surface area contributed by atoms with Crippen LogP contribution in [-0.2, 0) is 4.79 Å². The second-order valence-corrected chi connectivity index (χ2v) is 9.52. The number of hydrogen-bond acceptors (Lipinski definition) is 2. The molecule has 0 amide bonds. The third-order valence-corrected chi connectivity index (χ3v) is 8.81. The number of halogens is 1. The first kappa shape index (κ1) is 16.1. The van der Waals surface area contributed by atoms with Crippen molar-refractivity contribution in [3.63, 3.8) is 0 Å². The molecule has 130 valence electrons. The van der Waals surface area contributed by atoms with Crippen molar-refractivity contribution >= 4 is 5.78 Å². The highest BCUT2D eigenvalue weighted by Crippen LogP contribution is 2.67. The van der Waals surface area contributed by atoms with Gasteiger partial charge < -0.3 is 5.11 Å². The minimum Gasteiger partial charge on any atom is -0.393 e. The molecule has 4 saturated carbocycles. The lowest BCUT2D eigenvalue weighted by Crippen LogP contribution is -2.57. The fraction of sp³-hybridized carbons (Fsp3) is 0.950. The molecule has 4 aliphatic carbocycles. The summed E-state index contributed by atoms with van der Waals surface area (Å²) in [6.07, 6.45) is 7.25. The van der Waals surface area contributed by atoms with E-state index < -0.39 is 0 Å². The molecule has 0 heterocycles. The van der Waals surface area contributed by atoms with Crippen LogP contribution in [0.2, 0.25) is 0 Å². The Morgan fingerprint density at radius 3 is 2.61 bits per heavy atom. The summed E-state index contributed by atoms with van der Waals surface area (Å²) in [5.74, 6) is 2.34. The van der Waals surface area contributed by atoms with Crippen molar-refractivity contribution in [2.75, 3.05) is 6.67 Å². The summed E-state index contributed by atoms with van der Waals surface area (Å²) >= 11 is 0. The van der Waals surface area contributed by atoms with Gasteiger partial charge in [-0.2, -0.15) is 0 Å². The summed E-state index contributed by atoms with van der Waals surface area (Å²) in [5.41, 5.74) is 0.224. The first-order valence-electron chi connectivity index (χ1n) is 9.66. The van der Waals surface area contributed by atoms with Gasteiger partial charge in [-0.1, -0.05) is 13.8 Å². The van der Waals surface area contributed by atoms with Gasteiger partial charge in [-0.15, -0.1) is 0 Å². The zero-order valence-electron chi connectivity index (χ0n) is 14.6. The number of aliphatic hydroxyl groups excluding tert-OH is 1. The van der Waals surface area contributed by atoms with Crippen LogP contribution in [0, 0.1) is 40.4 Å². The minimum atomic E-state index is -0.245. The number of hydrogen-bond donors (Lipinski definition) is 1. The predicted molar refractivity (Wildman–Crippen MR) is 87.6 cm³/mol. The molecular weight excluding hydrogens is 291 g/mol. The van der Waals surface area contributed by atoms with Crippen molar-refractivity contribution < 1.29 is 14.3 Å². The second-order valence-electron chi connectivity index (χ2n) is 9.52. The number of Topliss-reactive ketones (excluding diaryl/α,β-unsaturated/α-hetero) is 1. The van der Waals surface area contributed by atoms with Gasteiger partial charge in [0.1, 0.15) is 5.78 Å². The summed E-state index contributed by atoms with van der Waals surface area (Å²) in [7, 11) is 0. The van der Waals surface area contributed by atoms with Crippen LogP contribution in [0.3, 0.4) is 0 Å². The van der Waals surface area contributed by atoms with Crippen molar-refractivity contribution in [2.24, 2.45) is 40.4 Å². The molecule has 0 aliphatic heterocycles. The van der Waals surface area contributed by atoms with Crippen molar-refractivity contribution in [3.05, 3.63) is 0 Å². The van der Waals surface area contributed by atoms with Crippen LogP contribution in [0.25, 0.3) is 0 Å².